The molecule has 0 saturated carbocycles. The van der Waals surface area contributed by atoms with Crippen molar-refractivity contribution in [3.8, 4) is 22.9 Å². The molecule has 27 heavy (non-hydrogen) atoms. The van der Waals surface area contributed by atoms with Crippen molar-refractivity contribution in [3.05, 3.63) is 77.9 Å². The average Bonchev–Trinajstić information content (AvgIpc) is 3.29. The second-order valence-corrected chi connectivity index (χ2v) is 6.35. The molecule has 1 N–H and O–H groups in total. The molecule has 5 rings (SSSR count). The van der Waals surface area contributed by atoms with Crippen molar-refractivity contribution in [3.63, 3.8) is 0 Å². The van der Waals surface area contributed by atoms with Gasteiger partial charge < -0.3 is 9.88 Å². The molecule has 1 amide bonds. The second-order valence-electron chi connectivity index (χ2n) is 6.35. The minimum Gasteiger partial charge on any atom is -0.348 e. The SMILES string of the molecule is N#Cc1ccccc1-c1cn(-c2ccc3c(c2)CNC3=O)c2ncncc12. The average molecular weight is 351 g/mol. The lowest BCUT2D eigenvalue weighted by molar-refractivity contribution is 0.0966. The van der Waals surface area contributed by atoms with E-state index in [0.29, 0.717) is 17.7 Å². The van der Waals surface area contributed by atoms with Gasteiger partial charge in [0.2, 0.25) is 0 Å². The number of nitrogens with one attached hydrogen (secondary N) is 1. The molecule has 0 spiro atoms. The highest BCUT2D eigenvalue weighted by atomic mass is 16.1. The van der Waals surface area contributed by atoms with E-state index in [1.807, 2.05) is 47.2 Å². The Labute approximate surface area is 154 Å². The fraction of sp³-hybridized carbons (Fsp3) is 0.0476. The number of carbonyl (C=O) groups is 1. The van der Waals surface area contributed by atoms with E-state index in [1.165, 1.54) is 6.33 Å². The van der Waals surface area contributed by atoms with Gasteiger partial charge >= 0.3 is 0 Å². The summed E-state index contributed by atoms with van der Waals surface area (Å²) in [5, 5.41) is 13.2. The smallest absolute Gasteiger partial charge is 0.251 e. The molecule has 0 unspecified atom stereocenters. The number of fused-ring (bicyclic) bond motifs is 2. The van der Waals surface area contributed by atoms with Gasteiger partial charge in [-0.2, -0.15) is 5.26 Å². The number of nitriles is 1. The highest BCUT2D eigenvalue weighted by Crippen LogP contribution is 2.33. The van der Waals surface area contributed by atoms with Crippen LogP contribution in [0.4, 0.5) is 0 Å². The third-order valence-corrected chi connectivity index (χ3v) is 4.86. The normalized spacial score (nSPS) is 12.6. The Hall–Kier alpha value is -3.98. The summed E-state index contributed by atoms with van der Waals surface area (Å²) in [5.41, 5.74) is 5.69. The van der Waals surface area contributed by atoms with Crippen molar-refractivity contribution in [2.24, 2.45) is 0 Å². The number of nitrogens with zero attached hydrogens (tertiary/aromatic N) is 4. The largest absolute Gasteiger partial charge is 0.348 e. The molecule has 0 saturated heterocycles. The maximum atomic E-state index is 11.8. The van der Waals surface area contributed by atoms with Gasteiger partial charge in [0.05, 0.1) is 11.6 Å². The molecule has 0 fully saturated rings. The van der Waals surface area contributed by atoms with Gasteiger partial charge in [-0.25, -0.2) is 9.97 Å². The Bertz CT molecular complexity index is 1270. The predicted octanol–water partition coefficient (Wildman–Crippen LogP) is 3.20. The molecule has 3 heterocycles. The quantitative estimate of drug-likeness (QED) is 0.601. The first-order valence-corrected chi connectivity index (χ1v) is 8.48. The highest BCUT2D eigenvalue weighted by Gasteiger charge is 2.20. The molecule has 0 atom stereocenters. The van der Waals surface area contributed by atoms with E-state index in [9.17, 15) is 10.1 Å². The number of aromatic nitrogens is 3. The van der Waals surface area contributed by atoms with Gasteiger partial charge in [-0.05, 0) is 29.8 Å². The van der Waals surface area contributed by atoms with Crippen LogP contribution in [0.3, 0.4) is 0 Å². The Balaban J connectivity index is 1.76. The molecule has 2 aromatic carbocycles. The standard InChI is InChI=1S/C21H13N5O/c22-8-13-3-1-2-4-16(13)19-11-26(20-18(19)10-23-12-25-20)15-5-6-17-14(7-15)9-24-21(17)27/h1-7,10-12H,9H2,(H,24,27). The molecule has 1 aliphatic heterocycles. The van der Waals surface area contributed by atoms with Crippen LogP contribution in [0.2, 0.25) is 0 Å². The molecule has 128 valence electrons. The first-order chi connectivity index (χ1) is 13.3. The van der Waals surface area contributed by atoms with Crippen molar-refractivity contribution in [2.45, 2.75) is 6.54 Å². The van der Waals surface area contributed by atoms with Gasteiger partial charge in [0.1, 0.15) is 12.0 Å². The Morgan fingerprint density at radius 1 is 1.11 bits per heavy atom. The highest BCUT2D eigenvalue weighted by molar-refractivity contribution is 5.99. The first kappa shape index (κ1) is 15.3. The van der Waals surface area contributed by atoms with E-state index >= 15 is 0 Å². The molecular formula is C21H13N5O. The summed E-state index contributed by atoms with van der Waals surface area (Å²) in [6.07, 6.45) is 5.25. The van der Waals surface area contributed by atoms with Crippen LogP contribution in [-0.2, 0) is 6.54 Å². The van der Waals surface area contributed by atoms with Gasteiger partial charge in [-0.1, -0.05) is 18.2 Å². The van der Waals surface area contributed by atoms with Crippen LogP contribution in [0.15, 0.2) is 61.2 Å². The van der Waals surface area contributed by atoms with E-state index in [0.717, 1.165) is 33.4 Å². The summed E-state index contributed by atoms with van der Waals surface area (Å²) in [6.45, 7) is 0.528. The van der Waals surface area contributed by atoms with Gasteiger partial charge in [-0.15, -0.1) is 0 Å². The van der Waals surface area contributed by atoms with E-state index in [4.69, 9.17) is 0 Å². The first-order valence-electron chi connectivity index (χ1n) is 8.48. The third-order valence-electron chi connectivity index (χ3n) is 4.86. The number of carbonyl (C=O) groups excluding carboxylic acids is 1. The molecular weight excluding hydrogens is 338 g/mol. The number of hydrogen-bond donors (Lipinski definition) is 1. The predicted molar refractivity (Wildman–Crippen MR) is 100 cm³/mol. The van der Waals surface area contributed by atoms with Crippen LogP contribution >= 0.6 is 0 Å². The molecule has 2 aromatic heterocycles. The van der Waals surface area contributed by atoms with Gasteiger partial charge in [0, 0.05) is 46.7 Å². The van der Waals surface area contributed by atoms with E-state index in [-0.39, 0.29) is 5.91 Å². The zero-order valence-corrected chi connectivity index (χ0v) is 14.2. The molecule has 0 bridgehead atoms. The maximum Gasteiger partial charge on any atom is 0.251 e. The lowest BCUT2D eigenvalue weighted by atomic mass is 10.0. The van der Waals surface area contributed by atoms with Crippen LogP contribution < -0.4 is 5.32 Å². The number of amides is 1. The van der Waals surface area contributed by atoms with Crippen LogP contribution in [0.1, 0.15) is 21.5 Å². The fourth-order valence-electron chi connectivity index (χ4n) is 3.56. The lowest BCUT2D eigenvalue weighted by Crippen LogP contribution is -2.12. The van der Waals surface area contributed by atoms with E-state index < -0.39 is 0 Å². The second kappa shape index (κ2) is 5.78. The fourth-order valence-corrected chi connectivity index (χ4v) is 3.56. The van der Waals surface area contributed by atoms with Gasteiger partial charge in [0.15, 0.2) is 0 Å². The zero-order valence-electron chi connectivity index (χ0n) is 14.2. The minimum absolute atomic E-state index is 0.0418. The Morgan fingerprint density at radius 3 is 2.89 bits per heavy atom. The molecule has 1 aliphatic rings. The lowest BCUT2D eigenvalue weighted by Gasteiger charge is -2.06. The topological polar surface area (TPSA) is 83.6 Å². The summed E-state index contributed by atoms with van der Waals surface area (Å²) in [5.74, 6) is -0.0418. The van der Waals surface area contributed by atoms with Crippen molar-refractivity contribution in [1.82, 2.24) is 19.9 Å². The number of hydrogen-bond acceptors (Lipinski definition) is 4. The molecule has 6 nitrogen and oxygen atoms in total. The Morgan fingerprint density at radius 2 is 2.00 bits per heavy atom. The maximum absolute atomic E-state index is 11.8. The van der Waals surface area contributed by atoms with Crippen molar-refractivity contribution < 1.29 is 4.79 Å². The van der Waals surface area contributed by atoms with Crippen molar-refractivity contribution >= 4 is 16.9 Å². The summed E-state index contributed by atoms with van der Waals surface area (Å²) in [6, 6.07) is 15.5. The summed E-state index contributed by atoms with van der Waals surface area (Å²) >= 11 is 0. The van der Waals surface area contributed by atoms with Crippen molar-refractivity contribution in [1.29, 1.82) is 5.26 Å². The van der Waals surface area contributed by atoms with Crippen LogP contribution in [0.5, 0.6) is 0 Å². The van der Waals surface area contributed by atoms with Crippen LogP contribution in [0.25, 0.3) is 27.8 Å². The van der Waals surface area contributed by atoms with Crippen molar-refractivity contribution in [2.75, 3.05) is 0 Å². The Kier molecular flexibility index (Phi) is 3.27. The zero-order chi connectivity index (χ0) is 18.4. The van der Waals surface area contributed by atoms with Gasteiger partial charge in [0.25, 0.3) is 5.91 Å². The van der Waals surface area contributed by atoms with Gasteiger partial charge in [-0.3, -0.25) is 4.79 Å². The van der Waals surface area contributed by atoms with Crippen LogP contribution in [0, 0.1) is 11.3 Å². The number of benzene rings is 2. The van der Waals surface area contributed by atoms with E-state index in [2.05, 4.69) is 21.4 Å². The molecule has 4 aromatic rings. The molecule has 0 aliphatic carbocycles. The molecule has 6 heteroatoms. The third kappa shape index (κ3) is 2.29. The summed E-state index contributed by atoms with van der Waals surface area (Å²) in [4.78, 5) is 20.4. The summed E-state index contributed by atoms with van der Waals surface area (Å²) in [7, 11) is 0. The number of rotatable bonds is 2. The molecule has 0 radical (unpaired) electrons. The van der Waals surface area contributed by atoms with Crippen LogP contribution in [-0.4, -0.2) is 20.4 Å². The van der Waals surface area contributed by atoms with E-state index in [1.54, 1.807) is 12.3 Å². The monoisotopic (exact) mass is 351 g/mol. The summed E-state index contributed by atoms with van der Waals surface area (Å²) < 4.78 is 1.98. The minimum atomic E-state index is -0.0418.